The molecule has 2 aliphatic heterocycles. The maximum absolute atomic E-state index is 13.5. The molecule has 0 saturated carbocycles. The summed E-state index contributed by atoms with van der Waals surface area (Å²) in [5, 5.41) is 11.7. The van der Waals surface area contributed by atoms with Gasteiger partial charge in [-0.1, -0.05) is 0 Å². The molecule has 4 rings (SSSR count). The van der Waals surface area contributed by atoms with Crippen molar-refractivity contribution in [3.8, 4) is 0 Å². The van der Waals surface area contributed by atoms with Gasteiger partial charge in [-0.2, -0.15) is 22.6 Å². The number of benzene rings is 1. The number of sulfonamides is 1. The maximum atomic E-state index is 13.5. The third kappa shape index (κ3) is 5.91. The van der Waals surface area contributed by atoms with Crippen molar-refractivity contribution in [1.29, 1.82) is 0 Å². The van der Waals surface area contributed by atoms with Crippen LogP contribution in [0.15, 0.2) is 23.1 Å². The number of halogens is 5. The minimum atomic E-state index is -5.08. The lowest BCUT2D eigenvalue weighted by Gasteiger charge is -2.27. The summed E-state index contributed by atoms with van der Waals surface area (Å²) in [6.07, 6.45) is -2.14. The molecule has 0 aliphatic carbocycles. The lowest BCUT2D eigenvalue weighted by atomic mass is 10.1. The molecule has 14 heteroatoms. The standard InChI is InChI=1S/C18H22F2N4O2S.C2HF3O2/c1-22-18-12-24(27(25,26)15-9-13(19)8-14(20)10-15)7-4-16(18)17(21-22)11-23-5-2-3-6-23;3-2(4,5)1(6)7/h8-10H,2-7,11-12H2,1H3;(H,6,7). The summed E-state index contributed by atoms with van der Waals surface area (Å²) < 4.78 is 87.4. The average molecular weight is 510 g/mol. The Morgan fingerprint density at radius 3 is 2.18 bits per heavy atom. The third-order valence-corrected chi connectivity index (χ3v) is 7.41. The van der Waals surface area contributed by atoms with Crippen LogP contribution in [0.4, 0.5) is 22.0 Å². The number of carboxylic acids is 1. The van der Waals surface area contributed by atoms with E-state index in [9.17, 15) is 30.4 Å². The fourth-order valence-corrected chi connectivity index (χ4v) is 5.39. The van der Waals surface area contributed by atoms with E-state index in [1.54, 1.807) is 4.68 Å². The van der Waals surface area contributed by atoms with Gasteiger partial charge in [0.2, 0.25) is 10.0 Å². The van der Waals surface area contributed by atoms with E-state index < -0.39 is 33.8 Å². The van der Waals surface area contributed by atoms with Crippen LogP contribution >= 0.6 is 0 Å². The molecule has 2 aliphatic rings. The molecule has 0 atom stereocenters. The Balaban J connectivity index is 0.000000406. The van der Waals surface area contributed by atoms with Crippen LogP contribution in [0.2, 0.25) is 0 Å². The average Bonchev–Trinajstić information content (AvgIpc) is 3.35. The second-order valence-electron chi connectivity index (χ2n) is 7.98. The highest BCUT2D eigenvalue weighted by Crippen LogP contribution is 2.28. The topological polar surface area (TPSA) is 95.7 Å². The number of aromatic nitrogens is 2. The van der Waals surface area contributed by atoms with Crippen molar-refractivity contribution in [3.05, 3.63) is 46.8 Å². The van der Waals surface area contributed by atoms with Gasteiger partial charge >= 0.3 is 12.1 Å². The Morgan fingerprint density at radius 2 is 1.65 bits per heavy atom. The minimum absolute atomic E-state index is 0.152. The molecular weight excluding hydrogens is 487 g/mol. The minimum Gasteiger partial charge on any atom is -0.475 e. The van der Waals surface area contributed by atoms with Crippen molar-refractivity contribution in [1.82, 2.24) is 19.0 Å². The SMILES string of the molecule is Cn1nc(CN2CCCC2)c2c1CN(S(=O)(=O)c1cc(F)cc(F)c1)CC2.O=C(O)C(F)(F)F. The van der Waals surface area contributed by atoms with Gasteiger partial charge in [0, 0.05) is 31.8 Å². The van der Waals surface area contributed by atoms with E-state index >= 15 is 0 Å². The number of aliphatic carboxylic acids is 1. The van der Waals surface area contributed by atoms with Crippen LogP contribution in [-0.2, 0) is 41.4 Å². The highest BCUT2D eigenvalue weighted by molar-refractivity contribution is 7.89. The first-order valence-corrected chi connectivity index (χ1v) is 11.8. The summed E-state index contributed by atoms with van der Waals surface area (Å²) in [5.74, 6) is -4.56. The zero-order valence-electron chi connectivity index (χ0n) is 18.1. The second-order valence-corrected chi connectivity index (χ2v) is 9.91. The van der Waals surface area contributed by atoms with Crippen LogP contribution in [0, 0.1) is 11.6 Å². The van der Waals surface area contributed by atoms with E-state index in [-0.39, 0.29) is 18.0 Å². The Kier molecular flexibility index (Phi) is 7.62. The maximum Gasteiger partial charge on any atom is 0.490 e. The van der Waals surface area contributed by atoms with Crippen molar-refractivity contribution in [2.75, 3.05) is 19.6 Å². The lowest BCUT2D eigenvalue weighted by Crippen LogP contribution is -2.37. The molecule has 188 valence electrons. The van der Waals surface area contributed by atoms with Crippen LogP contribution in [0.5, 0.6) is 0 Å². The number of carbonyl (C=O) groups is 1. The molecule has 3 heterocycles. The molecular formula is C20H23F5N4O4S. The van der Waals surface area contributed by atoms with Gasteiger partial charge in [0.1, 0.15) is 11.6 Å². The smallest absolute Gasteiger partial charge is 0.475 e. The molecule has 1 saturated heterocycles. The van der Waals surface area contributed by atoms with Gasteiger partial charge in [-0.05, 0) is 44.5 Å². The number of likely N-dealkylation sites (tertiary alicyclic amines) is 1. The molecule has 1 aromatic heterocycles. The first kappa shape index (κ1) is 26.0. The molecule has 1 N–H and O–H groups in total. The Morgan fingerprint density at radius 1 is 1.09 bits per heavy atom. The van der Waals surface area contributed by atoms with Crippen molar-refractivity contribution in [2.45, 2.75) is 43.4 Å². The fraction of sp³-hybridized carbons (Fsp3) is 0.500. The van der Waals surface area contributed by atoms with Crippen molar-refractivity contribution in [3.63, 3.8) is 0 Å². The van der Waals surface area contributed by atoms with E-state index in [1.807, 2.05) is 7.05 Å². The predicted molar refractivity (Wildman–Crippen MR) is 109 cm³/mol. The quantitative estimate of drug-likeness (QED) is 0.636. The largest absolute Gasteiger partial charge is 0.490 e. The lowest BCUT2D eigenvalue weighted by molar-refractivity contribution is -0.192. The summed E-state index contributed by atoms with van der Waals surface area (Å²) in [6, 6.07) is 2.38. The van der Waals surface area contributed by atoms with Gasteiger partial charge in [-0.3, -0.25) is 9.58 Å². The van der Waals surface area contributed by atoms with Crippen LogP contribution in [0.25, 0.3) is 0 Å². The van der Waals surface area contributed by atoms with Gasteiger partial charge in [-0.15, -0.1) is 0 Å². The monoisotopic (exact) mass is 510 g/mol. The van der Waals surface area contributed by atoms with Crippen molar-refractivity contribution in [2.24, 2.45) is 7.05 Å². The molecule has 1 aromatic carbocycles. The highest BCUT2D eigenvalue weighted by Gasteiger charge is 2.38. The normalized spacial score (nSPS) is 17.2. The molecule has 0 unspecified atom stereocenters. The van der Waals surface area contributed by atoms with E-state index in [0.717, 1.165) is 48.7 Å². The van der Waals surface area contributed by atoms with Gasteiger partial charge in [0.05, 0.1) is 22.8 Å². The Labute approximate surface area is 192 Å². The molecule has 0 amide bonds. The van der Waals surface area contributed by atoms with Gasteiger partial charge in [0.15, 0.2) is 0 Å². The fourth-order valence-electron chi connectivity index (χ4n) is 3.94. The molecule has 0 radical (unpaired) electrons. The van der Waals surface area contributed by atoms with E-state index in [4.69, 9.17) is 9.90 Å². The zero-order valence-corrected chi connectivity index (χ0v) is 19.0. The summed E-state index contributed by atoms with van der Waals surface area (Å²) in [5.41, 5.74) is 2.94. The number of hydrogen-bond acceptors (Lipinski definition) is 5. The van der Waals surface area contributed by atoms with Crippen LogP contribution in [0.3, 0.4) is 0 Å². The molecule has 8 nitrogen and oxygen atoms in total. The highest BCUT2D eigenvalue weighted by atomic mass is 32.2. The first-order valence-electron chi connectivity index (χ1n) is 10.3. The number of carboxylic acid groups (broad SMARTS) is 1. The van der Waals surface area contributed by atoms with Crippen LogP contribution in [-0.4, -0.2) is 64.3 Å². The zero-order chi connectivity index (χ0) is 25.3. The number of nitrogens with zero attached hydrogens (tertiary/aromatic N) is 4. The summed E-state index contributed by atoms with van der Waals surface area (Å²) >= 11 is 0. The van der Waals surface area contributed by atoms with Gasteiger partial charge < -0.3 is 5.11 Å². The number of fused-ring (bicyclic) bond motifs is 1. The molecule has 2 aromatic rings. The number of aryl methyl sites for hydroxylation is 1. The third-order valence-electron chi connectivity index (χ3n) is 5.58. The molecule has 0 bridgehead atoms. The van der Waals surface area contributed by atoms with E-state index in [1.165, 1.54) is 17.1 Å². The Bertz CT molecular complexity index is 1140. The molecule has 1 fully saturated rings. The van der Waals surface area contributed by atoms with Gasteiger partial charge in [0.25, 0.3) is 0 Å². The number of rotatable bonds is 4. The molecule has 0 spiro atoms. The predicted octanol–water partition coefficient (Wildman–Crippen LogP) is 2.67. The molecule has 34 heavy (non-hydrogen) atoms. The van der Waals surface area contributed by atoms with Crippen molar-refractivity contribution >= 4 is 16.0 Å². The number of alkyl halides is 3. The summed E-state index contributed by atoms with van der Waals surface area (Å²) in [4.78, 5) is 10.9. The summed E-state index contributed by atoms with van der Waals surface area (Å²) in [6.45, 7) is 3.34. The number of hydrogen-bond donors (Lipinski definition) is 1. The van der Waals surface area contributed by atoms with E-state index in [0.29, 0.717) is 12.5 Å². The van der Waals surface area contributed by atoms with E-state index in [2.05, 4.69) is 10.00 Å². The van der Waals surface area contributed by atoms with Crippen LogP contribution < -0.4 is 0 Å². The Hall–Kier alpha value is -2.58. The van der Waals surface area contributed by atoms with Crippen LogP contribution in [0.1, 0.15) is 29.8 Å². The first-order chi connectivity index (χ1) is 15.8. The van der Waals surface area contributed by atoms with Crippen molar-refractivity contribution < 1.29 is 40.3 Å². The summed E-state index contributed by atoms with van der Waals surface area (Å²) in [7, 11) is -2.17. The second kappa shape index (κ2) is 9.96. The van der Waals surface area contributed by atoms with Gasteiger partial charge in [-0.25, -0.2) is 22.0 Å².